The number of hydrogen-bond donors (Lipinski definition) is 3. The maximum absolute atomic E-state index is 8.32. The van der Waals surface area contributed by atoms with E-state index in [4.69, 9.17) is 16.2 Å². The van der Waals surface area contributed by atoms with Crippen LogP contribution in [-0.4, -0.2) is 23.2 Å². The molecule has 0 aliphatic carbocycles. The average Bonchev–Trinajstić information content (AvgIpc) is 1.99. The standard InChI is InChI=1S/C4H7N5S/c5-3-9(1-2-10)4(6)8-7/h6-7,10H,1-2H2. The molecule has 0 aromatic carbocycles. The molecule has 2 N–H and O–H groups in total. The Kier molecular flexibility index (Phi) is 4.24. The number of nitrogens with zero attached hydrogens (tertiary/aromatic N) is 3. The van der Waals surface area contributed by atoms with Crippen molar-refractivity contribution in [2.24, 2.45) is 5.11 Å². The first-order valence-corrected chi connectivity index (χ1v) is 3.13. The summed E-state index contributed by atoms with van der Waals surface area (Å²) in [5.74, 6) is 0.113. The van der Waals surface area contributed by atoms with E-state index in [1.807, 2.05) is 0 Å². The summed E-state index contributed by atoms with van der Waals surface area (Å²) in [5.41, 5.74) is 6.40. The Morgan fingerprint density at radius 3 is 2.70 bits per heavy atom. The molecule has 0 atom stereocenters. The van der Waals surface area contributed by atoms with Gasteiger partial charge in [0, 0.05) is 12.3 Å². The van der Waals surface area contributed by atoms with Crippen molar-refractivity contribution in [1.29, 1.82) is 16.2 Å². The molecule has 0 bridgehead atoms. The molecule has 0 saturated carbocycles. The van der Waals surface area contributed by atoms with Gasteiger partial charge in [0.1, 0.15) is 0 Å². The second-order valence-corrected chi connectivity index (χ2v) is 1.86. The molecule has 0 aromatic rings. The number of hydrogen-bond acceptors (Lipinski definition) is 4. The van der Waals surface area contributed by atoms with E-state index in [1.54, 1.807) is 6.19 Å². The minimum absolute atomic E-state index is 0.320. The van der Waals surface area contributed by atoms with Crippen LogP contribution >= 0.6 is 12.6 Å². The predicted octanol–water partition coefficient (Wildman–Crippen LogP) is 0.665. The average molecular weight is 157 g/mol. The van der Waals surface area contributed by atoms with E-state index in [2.05, 4.69) is 17.7 Å². The van der Waals surface area contributed by atoms with Crippen LogP contribution < -0.4 is 0 Å². The summed E-state index contributed by atoms with van der Waals surface area (Å²) in [6, 6.07) is 0. The van der Waals surface area contributed by atoms with E-state index in [0.29, 0.717) is 12.3 Å². The first kappa shape index (κ1) is 8.91. The minimum Gasteiger partial charge on any atom is -0.265 e. The van der Waals surface area contributed by atoms with Gasteiger partial charge in [0.2, 0.25) is 5.96 Å². The molecule has 0 fully saturated rings. The smallest absolute Gasteiger partial charge is 0.250 e. The molecule has 54 valence electrons. The first-order chi connectivity index (χ1) is 4.76. The van der Waals surface area contributed by atoms with Crippen LogP contribution in [0.2, 0.25) is 0 Å². The van der Waals surface area contributed by atoms with E-state index < -0.39 is 0 Å². The maximum Gasteiger partial charge on any atom is 0.250 e. The highest BCUT2D eigenvalue weighted by Crippen LogP contribution is 1.89. The lowest BCUT2D eigenvalue weighted by Gasteiger charge is -2.08. The molecule has 0 aliphatic rings. The zero-order valence-corrected chi connectivity index (χ0v) is 6.10. The van der Waals surface area contributed by atoms with E-state index in [0.717, 1.165) is 4.90 Å². The van der Waals surface area contributed by atoms with Gasteiger partial charge in [0.05, 0.1) is 0 Å². The molecule has 0 saturated heterocycles. The Morgan fingerprint density at radius 1 is 1.80 bits per heavy atom. The highest BCUT2D eigenvalue weighted by Gasteiger charge is 2.04. The Bertz CT molecular complexity index is 171. The van der Waals surface area contributed by atoms with Crippen molar-refractivity contribution in [3.05, 3.63) is 0 Å². The van der Waals surface area contributed by atoms with E-state index in [1.165, 1.54) is 0 Å². The fourth-order valence-electron chi connectivity index (χ4n) is 0.364. The molecule has 0 aliphatic heterocycles. The van der Waals surface area contributed by atoms with Gasteiger partial charge in [-0.25, -0.2) is 10.4 Å². The molecule has 0 radical (unpaired) electrons. The molecule has 0 aromatic heterocycles. The van der Waals surface area contributed by atoms with Crippen molar-refractivity contribution < 1.29 is 0 Å². The summed E-state index contributed by atoms with van der Waals surface area (Å²) < 4.78 is 0. The van der Waals surface area contributed by atoms with Crippen molar-refractivity contribution in [3.63, 3.8) is 0 Å². The predicted molar refractivity (Wildman–Crippen MR) is 39.0 cm³/mol. The van der Waals surface area contributed by atoms with Gasteiger partial charge in [0.15, 0.2) is 6.19 Å². The Labute approximate surface area is 64.1 Å². The largest absolute Gasteiger partial charge is 0.265 e. The lowest BCUT2D eigenvalue weighted by Crippen LogP contribution is -2.25. The van der Waals surface area contributed by atoms with Crippen molar-refractivity contribution in [2.45, 2.75) is 0 Å². The molecular weight excluding hydrogens is 150 g/mol. The molecule has 10 heavy (non-hydrogen) atoms. The van der Waals surface area contributed by atoms with Crippen LogP contribution in [0, 0.1) is 22.4 Å². The van der Waals surface area contributed by atoms with Gasteiger partial charge >= 0.3 is 0 Å². The van der Waals surface area contributed by atoms with Gasteiger partial charge in [-0.1, -0.05) is 0 Å². The number of nitriles is 1. The second kappa shape index (κ2) is 4.76. The molecule has 0 rings (SSSR count). The number of nitrogens with one attached hydrogen (secondary N) is 2. The number of thiol groups is 1. The van der Waals surface area contributed by atoms with Crippen LogP contribution in [0.3, 0.4) is 0 Å². The van der Waals surface area contributed by atoms with Crippen LogP contribution in [0.25, 0.3) is 0 Å². The molecule has 0 amide bonds. The molecule has 5 nitrogen and oxygen atoms in total. The summed E-state index contributed by atoms with van der Waals surface area (Å²) in [6.45, 7) is 0.320. The van der Waals surface area contributed by atoms with E-state index in [-0.39, 0.29) is 5.96 Å². The van der Waals surface area contributed by atoms with E-state index in [9.17, 15) is 0 Å². The zero-order valence-electron chi connectivity index (χ0n) is 5.20. The monoisotopic (exact) mass is 157 g/mol. The fraction of sp³-hybridized carbons (Fsp3) is 0.500. The fourth-order valence-corrected chi connectivity index (χ4v) is 0.564. The van der Waals surface area contributed by atoms with Gasteiger partial charge in [-0.2, -0.15) is 17.9 Å². The van der Waals surface area contributed by atoms with Crippen LogP contribution in [-0.2, 0) is 0 Å². The zero-order chi connectivity index (χ0) is 7.98. The van der Waals surface area contributed by atoms with Crippen LogP contribution in [0.15, 0.2) is 5.11 Å². The first-order valence-electron chi connectivity index (χ1n) is 2.50. The lowest BCUT2D eigenvalue weighted by atomic mass is 10.6. The lowest BCUT2D eigenvalue weighted by molar-refractivity contribution is 0.597. The molecule has 6 heteroatoms. The molecule has 0 heterocycles. The highest BCUT2D eigenvalue weighted by atomic mass is 32.1. The summed E-state index contributed by atoms with van der Waals surface area (Å²) in [4.78, 5) is 0.986. The van der Waals surface area contributed by atoms with E-state index >= 15 is 0 Å². The number of guanidine groups is 1. The third-order valence-corrected chi connectivity index (χ3v) is 1.01. The summed E-state index contributed by atoms with van der Waals surface area (Å²) in [5, 5.41) is 18.0. The summed E-state index contributed by atoms with van der Waals surface area (Å²) in [6.07, 6.45) is 1.70. The molecule has 0 unspecified atom stereocenters. The maximum atomic E-state index is 8.32. The van der Waals surface area contributed by atoms with Crippen molar-refractivity contribution in [2.75, 3.05) is 12.3 Å². The Morgan fingerprint density at radius 2 is 2.40 bits per heavy atom. The van der Waals surface area contributed by atoms with Gasteiger partial charge in [-0.15, -0.1) is 5.11 Å². The topological polar surface area (TPSA) is 87.1 Å². The van der Waals surface area contributed by atoms with Crippen molar-refractivity contribution >= 4 is 18.6 Å². The third-order valence-electron chi connectivity index (χ3n) is 0.806. The summed E-state index contributed by atoms with van der Waals surface area (Å²) >= 11 is 3.85. The minimum atomic E-state index is -0.350. The Hall–Kier alpha value is -1.09. The number of rotatable bonds is 2. The SMILES string of the molecule is N#CN(CCS)C(=N)N=N. The van der Waals surface area contributed by atoms with Crippen LogP contribution in [0.5, 0.6) is 0 Å². The second-order valence-electron chi connectivity index (χ2n) is 1.41. The van der Waals surface area contributed by atoms with Gasteiger partial charge < -0.3 is 0 Å². The highest BCUT2D eigenvalue weighted by molar-refractivity contribution is 7.80. The van der Waals surface area contributed by atoms with Crippen molar-refractivity contribution in [1.82, 2.24) is 4.90 Å². The van der Waals surface area contributed by atoms with Crippen molar-refractivity contribution in [3.8, 4) is 6.19 Å². The van der Waals surface area contributed by atoms with Gasteiger partial charge in [0.25, 0.3) is 0 Å². The summed E-state index contributed by atoms with van der Waals surface area (Å²) in [7, 11) is 0. The Balaban J connectivity index is 3.96. The van der Waals surface area contributed by atoms with Crippen LogP contribution in [0.1, 0.15) is 0 Å². The van der Waals surface area contributed by atoms with Crippen LogP contribution in [0.4, 0.5) is 0 Å². The van der Waals surface area contributed by atoms with Gasteiger partial charge in [-0.05, 0) is 0 Å². The molecular formula is C4H7N5S. The third kappa shape index (κ3) is 2.46. The normalized spacial score (nSPS) is 8.00. The molecule has 0 spiro atoms. The quantitative estimate of drug-likeness (QED) is 0.137. The van der Waals surface area contributed by atoms with Gasteiger partial charge in [-0.3, -0.25) is 5.41 Å².